The minimum Gasteiger partial charge on any atom is -0.460 e. The van der Waals surface area contributed by atoms with Gasteiger partial charge in [-0.1, -0.05) is 24.3 Å². The number of likely N-dealkylation sites (N-methyl/N-ethyl adjacent to an activating group) is 1. The molecule has 0 spiro atoms. The van der Waals surface area contributed by atoms with Crippen LogP contribution in [-0.2, 0) is 31.0 Å². The van der Waals surface area contributed by atoms with E-state index in [1.807, 2.05) is 31.2 Å². The zero-order chi connectivity index (χ0) is 20.0. The lowest BCUT2D eigenvalue weighted by Crippen LogP contribution is -2.33. The molecule has 27 heavy (non-hydrogen) atoms. The van der Waals surface area contributed by atoms with Crippen LogP contribution in [0.2, 0.25) is 0 Å². The average molecular weight is 390 g/mol. The fourth-order valence-corrected chi connectivity index (χ4v) is 3.45. The highest BCUT2D eigenvalue weighted by Gasteiger charge is 2.23. The monoisotopic (exact) mass is 390 g/mol. The molecule has 144 valence electrons. The van der Waals surface area contributed by atoms with Crippen LogP contribution < -0.4 is 5.32 Å². The molecule has 2 rings (SSSR count). The number of nitrogens with zero attached hydrogens (tertiary/aromatic N) is 1. The Balaban J connectivity index is 1.98. The summed E-state index contributed by atoms with van der Waals surface area (Å²) < 4.78 is 31.2. The molecule has 7 nitrogen and oxygen atoms in total. The fraction of sp³-hybridized carbons (Fsp3) is 0.263. The van der Waals surface area contributed by atoms with Crippen LogP contribution in [0.1, 0.15) is 18.1 Å². The van der Waals surface area contributed by atoms with Gasteiger partial charge in [-0.25, -0.2) is 8.42 Å². The van der Waals surface area contributed by atoms with Gasteiger partial charge < -0.3 is 10.1 Å². The number of esters is 1. The third-order valence-corrected chi connectivity index (χ3v) is 5.70. The van der Waals surface area contributed by atoms with Gasteiger partial charge in [-0.05, 0) is 42.3 Å². The number of carbonyl (C=O) groups is 2. The second kappa shape index (κ2) is 8.79. The van der Waals surface area contributed by atoms with Crippen LogP contribution in [0, 0.1) is 6.92 Å². The van der Waals surface area contributed by atoms with E-state index in [9.17, 15) is 18.0 Å². The number of amides is 1. The van der Waals surface area contributed by atoms with Crippen LogP contribution in [0.3, 0.4) is 0 Å². The molecule has 0 radical (unpaired) electrons. The van der Waals surface area contributed by atoms with Crippen molar-refractivity contribution >= 4 is 27.6 Å². The number of ether oxygens (including phenoxy) is 1. The van der Waals surface area contributed by atoms with E-state index in [0.717, 1.165) is 15.4 Å². The molecule has 2 aromatic carbocycles. The average Bonchev–Trinajstić information content (AvgIpc) is 2.61. The van der Waals surface area contributed by atoms with Gasteiger partial charge in [0.15, 0.2) is 0 Å². The summed E-state index contributed by atoms with van der Waals surface area (Å²) in [5.74, 6) is -0.890. The maximum absolute atomic E-state index is 12.6. The summed E-state index contributed by atoms with van der Waals surface area (Å²) in [6.07, 6.45) is 0. The van der Waals surface area contributed by atoms with Gasteiger partial charge in [0.1, 0.15) is 13.2 Å². The molecule has 0 fully saturated rings. The molecule has 0 unspecified atom stereocenters. The van der Waals surface area contributed by atoms with Crippen molar-refractivity contribution in [1.82, 2.24) is 4.31 Å². The molecular formula is C19H22N2O5S. The Morgan fingerprint density at radius 3 is 2.30 bits per heavy atom. The van der Waals surface area contributed by atoms with Crippen LogP contribution in [0.4, 0.5) is 5.69 Å². The predicted octanol–water partition coefficient (Wildman–Crippen LogP) is 2.32. The molecule has 1 amide bonds. The number of carbonyl (C=O) groups excluding carboxylic acids is 2. The predicted molar refractivity (Wildman–Crippen MR) is 102 cm³/mol. The Bertz CT molecular complexity index is 923. The summed E-state index contributed by atoms with van der Waals surface area (Å²) in [4.78, 5) is 23.1. The quantitative estimate of drug-likeness (QED) is 0.733. The van der Waals surface area contributed by atoms with Crippen molar-refractivity contribution in [3.8, 4) is 0 Å². The van der Waals surface area contributed by atoms with Gasteiger partial charge in [0.05, 0.1) is 4.90 Å². The Labute approximate surface area is 159 Å². The normalized spacial score (nSPS) is 11.3. The molecular weight excluding hydrogens is 368 g/mol. The number of hydrogen-bond donors (Lipinski definition) is 1. The van der Waals surface area contributed by atoms with Gasteiger partial charge in [-0.15, -0.1) is 0 Å². The van der Waals surface area contributed by atoms with Crippen LogP contribution in [0.5, 0.6) is 0 Å². The summed E-state index contributed by atoms with van der Waals surface area (Å²) in [5.41, 5.74) is 2.34. The third kappa shape index (κ3) is 5.63. The topological polar surface area (TPSA) is 92.8 Å². The van der Waals surface area contributed by atoms with Crippen molar-refractivity contribution in [2.24, 2.45) is 0 Å². The molecule has 8 heteroatoms. The lowest BCUT2D eigenvalue weighted by atomic mass is 10.1. The highest BCUT2D eigenvalue weighted by atomic mass is 32.2. The molecule has 1 N–H and O–H groups in total. The van der Waals surface area contributed by atoms with Gasteiger partial charge in [0, 0.05) is 19.7 Å². The fourth-order valence-electron chi connectivity index (χ4n) is 2.34. The Hall–Kier alpha value is -2.71. The van der Waals surface area contributed by atoms with Crippen LogP contribution in [-0.4, -0.2) is 38.2 Å². The number of aryl methyl sites for hydroxylation is 1. The SMILES string of the molecule is CC(=O)Nc1ccc(S(=O)(=O)N(C)CC(=O)OCc2ccccc2C)cc1. The first-order chi connectivity index (χ1) is 12.7. The first-order valence-electron chi connectivity index (χ1n) is 8.24. The largest absolute Gasteiger partial charge is 0.460 e. The molecule has 0 aromatic heterocycles. The molecule has 0 heterocycles. The maximum atomic E-state index is 12.6. The first-order valence-corrected chi connectivity index (χ1v) is 9.68. The standard InChI is InChI=1S/C19H22N2O5S/c1-14-6-4-5-7-16(14)13-26-19(23)12-21(3)27(24,25)18-10-8-17(9-11-18)20-15(2)22/h4-11H,12-13H2,1-3H3,(H,20,22). The molecule has 0 saturated heterocycles. The molecule has 0 aliphatic heterocycles. The number of benzene rings is 2. The van der Waals surface area contributed by atoms with Crippen LogP contribution in [0.15, 0.2) is 53.4 Å². The van der Waals surface area contributed by atoms with Crippen LogP contribution >= 0.6 is 0 Å². The molecule has 0 saturated carbocycles. The van der Waals surface area contributed by atoms with E-state index in [1.54, 1.807) is 0 Å². The van der Waals surface area contributed by atoms with Crippen molar-refractivity contribution in [2.45, 2.75) is 25.3 Å². The van der Waals surface area contributed by atoms with E-state index < -0.39 is 22.5 Å². The van der Waals surface area contributed by atoms with Gasteiger partial charge >= 0.3 is 5.97 Å². The Morgan fingerprint density at radius 2 is 1.70 bits per heavy atom. The lowest BCUT2D eigenvalue weighted by Gasteiger charge is -2.17. The van der Waals surface area contributed by atoms with Crippen molar-refractivity contribution in [2.75, 3.05) is 18.9 Å². The number of anilines is 1. The minimum atomic E-state index is -3.85. The number of sulfonamides is 1. The van der Waals surface area contributed by atoms with E-state index in [4.69, 9.17) is 4.74 Å². The Morgan fingerprint density at radius 1 is 1.07 bits per heavy atom. The van der Waals surface area contributed by atoms with Crippen molar-refractivity contribution in [1.29, 1.82) is 0 Å². The summed E-state index contributed by atoms with van der Waals surface area (Å²) in [7, 11) is -2.54. The molecule has 0 atom stereocenters. The van der Waals surface area contributed by atoms with E-state index in [0.29, 0.717) is 5.69 Å². The summed E-state index contributed by atoms with van der Waals surface area (Å²) in [6.45, 7) is 2.96. The van der Waals surface area contributed by atoms with E-state index in [1.165, 1.54) is 38.2 Å². The molecule has 0 aliphatic rings. The molecule has 0 bridgehead atoms. The van der Waals surface area contributed by atoms with Gasteiger partial charge in [-0.3, -0.25) is 9.59 Å². The smallest absolute Gasteiger partial charge is 0.321 e. The van der Waals surface area contributed by atoms with Crippen molar-refractivity contribution in [3.63, 3.8) is 0 Å². The third-order valence-electron chi connectivity index (χ3n) is 3.88. The summed E-state index contributed by atoms with van der Waals surface area (Å²) in [6, 6.07) is 13.2. The zero-order valence-electron chi connectivity index (χ0n) is 15.4. The van der Waals surface area contributed by atoms with Gasteiger partial charge in [0.25, 0.3) is 0 Å². The highest BCUT2D eigenvalue weighted by molar-refractivity contribution is 7.89. The van der Waals surface area contributed by atoms with Crippen molar-refractivity contribution in [3.05, 3.63) is 59.7 Å². The van der Waals surface area contributed by atoms with E-state index in [2.05, 4.69) is 5.32 Å². The molecule has 2 aromatic rings. The van der Waals surface area contributed by atoms with Gasteiger partial charge in [-0.2, -0.15) is 4.31 Å². The first kappa shape index (κ1) is 20.6. The zero-order valence-corrected chi connectivity index (χ0v) is 16.2. The minimum absolute atomic E-state index is 0.0193. The van der Waals surface area contributed by atoms with Gasteiger partial charge in [0.2, 0.25) is 15.9 Å². The summed E-state index contributed by atoms with van der Waals surface area (Å²) in [5, 5.41) is 2.56. The second-order valence-electron chi connectivity index (χ2n) is 6.05. The number of nitrogens with one attached hydrogen (secondary N) is 1. The number of hydrogen-bond acceptors (Lipinski definition) is 5. The maximum Gasteiger partial charge on any atom is 0.321 e. The van der Waals surface area contributed by atoms with Crippen molar-refractivity contribution < 1.29 is 22.7 Å². The number of rotatable bonds is 7. The molecule has 0 aliphatic carbocycles. The summed E-state index contributed by atoms with van der Waals surface area (Å²) >= 11 is 0. The second-order valence-corrected chi connectivity index (χ2v) is 8.10. The Kier molecular flexibility index (Phi) is 6.70. The van der Waals surface area contributed by atoms with E-state index in [-0.39, 0.29) is 17.4 Å². The van der Waals surface area contributed by atoms with Crippen LogP contribution in [0.25, 0.3) is 0 Å². The lowest BCUT2D eigenvalue weighted by molar-refractivity contribution is -0.144. The van der Waals surface area contributed by atoms with E-state index >= 15 is 0 Å². The highest BCUT2D eigenvalue weighted by Crippen LogP contribution is 2.17.